The molecule has 0 radical (unpaired) electrons. The molecule has 1 heterocycles. The summed E-state index contributed by atoms with van der Waals surface area (Å²) in [5.41, 5.74) is 2.24. The van der Waals surface area contributed by atoms with Gasteiger partial charge in [-0.25, -0.2) is 4.79 Å². The molecule has 1 aliphatic heterocycles. The van der Waals surface area contributed by atoms with Crippen LogP contribution >= 0.6 is 0 Å². The van der Waals surface area contributed by atoms with Crippen molar-refractivity contribution in [2.75, 3.05) is 44.0 Å². The molecule has 1 fully saturated rings. The number of hydrogen-bond donors (Lipinski definition) is 1. The van der Waals surface area contributed by atoms with Crippen molar-refractivity contribution in [2.24, 2.45) is 5.92 Å². The Morgan fingerprint density at radius 3 is 2.32 bits per heavy atom. The summed E-state index contributed by atoms with van der Waals surface area (Å²) in [6, 6.07) is 18.4. The molecule has 8 heteroatoms. The number of rotatable bonds is 7. The van der Waals surface area contributed by atoms with Gasteiger partial charge in [0.2, 0.25) is 5.91 Å². The van der Waals surface area contributed by atoms with Gasteiger partial charge in [0.25, 0.3) is 5.91 Å². The summed E-state index contributed by atoms with van der Waals surface area (Å²) in [4.78, 5) is 40.8. The Morgan fingerprint density at radius 2 is 1.74 bits per heavy atom. The van der Waals surface area contributed by atoms with E-state index in [0.29, 0.717) is 31.5 Å². The Kier molecular flexibility index (Phi) is 8.41. The second kappa shape index (κ2) is 11.7. The first-order chi connectivity index (χ1) is 16.4. The van der Waals surface area contributed by atoms with E-state index >= 15 is 0 Å². The summed E-state index contributed by atoms with van der Waals surface area (Å²) in [5, 5.41) is 12.2. The number of para-hydroxylation sites is 1. The lowest BCUT2D eigenvalue weighted by Crippen LogP contribution is -2.43. The Morgan fingerprint density at radius 1 is 1.09 bits per heavy atom. The smallest absolute Gasteiger partial charge is 0.349 e. The minimum absolute atomic E-state index is 0.0628. The van der Waals surface area contributed by atoms with Crippen molar-refractivity contribution >= 4 is 35.2 Å². The van der Waals surface area contributed by atoms with Gasteiger partial charge in [-0.15, -0.1) is 0 Å². The monoisotopic (exact) mass is 460 g/mol. The van der Waals surface area contributed by atoms with Crippen molar-refractivity contribution in [3.63, 3.8) is 0 Å². The van der Waals surface area contributed by atoms with Crippen LogP contribution in [0.2, 0.25) is 0 Å². The average Bonchev–Trinajstić information content (AvgIpc) is 2.86. The Labute approximate surface area is 199 Å². The number of nitrogens with one attached hydrogen (secondary N) is 1. The molecule has 0 aromatic heterocycles. The fourth-order valence-corrected chi connectivity index (χ4v) is 3.63. The average molecular weight is 461 g/mol. The predicted octanol–water partition coefficient (Wildman–Crippen LogP) is 3.08. The molecule has 2 aromatic rings. The first-order valence-corrected chi connectivity index (χ1v) is 11.1. The number of carbonyl (C=O) groups excluding carboxylic acids is 3. The van der Waals surface area contributed by atoms with Gasteiger partial charge in [0.05, 0.1) is 0 Å². The van der Waals surface area contributed by atoms with Gasteiger partial charge in [0, 0.05) is 44.5 Å². The van der Waals surface area contributed by atoms with Crippen molar-refractivity contribution in [3.8, 4) is 6.07 Å². The van der Waals surface area contributed by atoms with Crippen molar-refractivity contribution in [3.05, 3.63) is 65.7 Å². The number of carbonyl (C=O) groups is 3. The van der Waals surface area contributed by atoms with Crippen LogP contribution in [0.3, 0.4) is 0 Å². The van der Waals surface area contributed by atoms with Crippen molar-refractivity contribution < 1.29 is 19.1 Å². The Balaban J connectivity index is 1.47. The minimum Gasteiger partial charge on any atom is -0.451 e. The number of nitriles is 1. The minimum atomic E-state index is -0.843. The van der Waals surface area contributed by atoms with Crippen molar-refractivity contribution in [2.45, 2.75) is 12.8 Å². The van der Waals surface area contributed by atoms with Gasteiger partial charge in [-0.05, 0) is 48.7 Å². The number of anilines is 2. The summed E-state index contributed by atoms with van der Waals surface area (Å²) in [5.74, 6) is -1.43. The molecule has 0 atom stereocenters. The topological polar surface area (TPSA) is 103 Å². The highest BCUT2D eigenvalue weighted by atomic mass is 16.5. The third-order valence-corrected chi connectivity index (χ3v) is 5.65. The highest BCUT2D eigenvalue weighted by Crippen LogP contribution is 2.20. The molecule has 1 aliphatic rings. The first kappa shape index (κ1) is 24.5. The Hall–Kier alpha value is -4.12. The molecular weight excluding hydrogens is 432 g/mol. The molecule has 0 spiro atoms. The van der Waals surface area contributed by atoms with Crippen LogP contribution in [-0.4, -0.2) is 56.5 Å². The fraction of sp³-hybridized carbons (Fsp3) is 0.308. The van der Waals surface area contributed by atoms with Crippen LogP contribution in [0.5, 0.6) is 0 Å². The van der Waals surface area contributed by atoms with E-state index in [0.717, 1.165) is 11.4 Å². The standard InChI is InChI=1S/C26H28N4O4/c1-29(2)23-10-8-19(9-11-23)16-21(17-27)26(33)34-18-24(31)30-14-12-20(13-15-30)25(32)28-22-6-4-3-5-7-22/h3-11,16,20H,12-15,18H2,1-2H3,(H,28,32)/b21-16-. The normalized spacial score (nSPS) is 14.1. The van der Waals surface area contributed by atoms with Gasteiger partial charge in [-0.1, -0.05) is 30.3 Å². The molecule has 3 rings (SSSR count). The number of benzene rings is 2. The highest BCUT2D eigenvalue weighted by Gasteiger charge is 2.28. The van der Waals surface area contributed by atoms with Gasteiger partial charge in [-0.3, -0.25) is 9.59 Å². The molecule has 0 saturated carbocycles. The lowest BCUT2D eigenvalue weighted by molar-refractivity contribution is -0.149. The zero-order valence-corrected chi connectivity index (χ0v) is 19.4. The van der Waals surface area contributed by atoms with E-state index in [1.165, 1.54) is 6.08 Å². The summed E-state index contributed by atoms with van der Waals surface area (Å²) < 4.78 is 5.09. The number of piperidine rings is 1. The zero-order valence-electron chi connectivity index (χ0n) is 19.4. The molecule has 176 valence electrons. The van der Waals surface area contributed by atoms with Crippen LogP contribution in [0.1, 0.15) is 18.4 Å². The van der Waals surface area contributed by atoms with Gasteiger partial charge in [0.1, 0.15) is 11.6 Å². The maximum Gasteiger partial charge on any atom is 0.349 e. The van der Waals surface area contributed by atoms with E-state index in [1.807, 2.05) is 67.5 Å². The molecule has 0 bridgehead atoms. The van der Waals surface area contributed by atoms with E-state index in [2.05, 4.69) is 5.32 Å². The van der Waals surface area contributed by atoms with E-state index in [4.69, 9.17) is 4.74 Å². The van der Waals surface area contributed by atoms with Gasteiger partial charge in [-0.2, -0.15) is 5.26 Å². The van der Waals surface area contributed by atoms with Crippen molar-refractivity contribution in [1.29, 1.82) is 5.26 Å². The van der Waals surface area contributed by atoms with Gasteiger partial charge < -0.3 is 19.9 Å². The van der Waals surface area contributed by atoms with Crippen LogP contribution in [0, 0.1) is 17.2 Å². The van der Waals surface area contributed by atoms with Crippen LogP contribution in [-0.2, 0) is 19.1 Å². The molecule has 1 N–H and O–H groups in total. The fourth-order valence-electron chi connectivity index (χ4n) is 3.63. The highest BCUT2D eigenvalue weighted by molar-refractivity contribution is 5.99. The second-order valence-corrected chi connectivity index (χ2v) is 8.24. The van der Waals surface area contributed by atoms with E-state index < -0.39 is 12.6 Å². The summed E-state index contributed by atoms with van der Waals surface area (Å²) in [7, 11) is 3.84. The quantitative estimate of drug-likeness (QED) is 0.387. The zero-order chi connectivity index (χ0) is 24.5. The molecule has 34 heavy (non-hydrogen) atoms. The van der Waals surface area contributed by atoms with Gasteiger partial charge >= 0.3 is 5.97 Å². The largest absolute Gasteiger partial charge is 0.451 e. The van der Waals surface area contributed by atoms with Crippen LogP contribution in [0.25, 0.3) is 6.08 Å². The van der Waals surface area contributed by atoms with Gasteiger partial charge in [0.15, 0.2) is 6.61 Å². The molecule has 0 aliphatic carbocycles. The third kappa shape index (κ3) is 6.69. The summed E-state index contributed by atoms with van der Waals surface area (Å²) in [6.07, 6.45) is 2.50. The lowest BCUT2D eigenvalue weighted by atomic mass is 9.95. The van der Waals surface area contributed by atoms with Crippen LogP contribution in [0.15, 0.2) is 60.2 Å². The lowest BCUT2D eigenvalue weighted by Gasteiger charge is -2.31. The SMILES string of the molecule is CN(C)c1ccc(/C=C(/C#N)C(=O)OCC(=O)N2CCC(C(=O)Nc3ccccc3)CC2)cc1. The number of nitrogens with zero attached hydrogens (tertiary/aromatic N) is 3. The van der Waals surface area contributed by atoms with E-state index in [1.54, 1.807) is 17.0 Å². The number of likely N-dealkylation sites (tertiary alicyclic amines) is 1. The molecule has 0 unspecified atom stereocenters. The summed E-state index contributed by atoms with van der Waals surface area (Å²) in [6.45, 7) is 0.364. The molecule has 2 amide bonds. The van der Waals surface area contributed by atoms with Crippen molar-refractivity contribution in [1.82, 2.24) is 4.90 Å². The van der Waals surface area contributed by atoms with E-state index in [-0.39, 0.29) is 23.3 Å². The van der Waals surface area contributed by atoms with Crippen LogP contribution < -0.4 is 10.2 Å². The van der Waals surface area contributed by atoms with E-state index in [9.17, 15) is 19.6 Å². The molecule has 1 saturated heterocycles. The molecular formula is C26H28N4O4. The second-order valence-electron chi connectivity index (χ2n) is 8.24. The maximum absolute atomic E-state index is 12.5. The molecule has 2 aromatic carbocycles. The van der Waals surface area contributed by atoms with Crippen LogP contribution in [0.4, 0.5) is 11.4 Å². The Bertz CT molecular complexity index is 1080. The number of ether oxygens (including phenoxy) is 1. The maximum atomic E-state index is 12.5. The predicted molar refractivity (Wildman–Crippen MR) is 130 cm³/mol. The number of esters is 1. The molecule has 8 nitrogen and oxygen atoms in total. The first-order valence-electron chi connectivity index (χ1n) is 11.1. The number of amides is 2. The third-order valence-electron chi connectivity index (χ3n) is 5.65. The summed E-state index contributed by atoms with van der Waals surface area (Å²) >= 11 is 0. The number of hydrogen-bond acceptors (Lipinski definition) is 6.